The number of thiophene rings is 2. The maximum atomic E-state index is 2.45. The van der Waals surface area contributed by atoms with Gasteiger partial charge in [0.1, 0.15) is 0 Å². The van der Waals surface area contributed by atoms with E-state index in [1.165, 1.54) is 79.3 Å². The number of hydrogen-bond donors (Lipinski definition) is 0. The minimum Gasteiger partial charge on any atom is -0.308 e. The van der Waals surface area contributed by atoms with Gasteiger partial charge in [-0.3, -0.25) is 0 Å². The Morgan fingerprint density at radius 3 is 1.76 bits per heavy atom. The van der Waals surface area contributed by atoms with E-state index in [0.717, 1.165) is 0 Å². The highest BCUT2D eigenvalue weighted by molar-refractivity contribution is 7.27. The van der Waals surface area contributed by atoms with E-state index < -0.39 is 0 Å². The summed E-state index contributed by atoms with van der Waals surface area (Å²) >= 11 is 3.77. The first-order valence-corrected chi connectivity index (χ1v) is 15.5. The van der Waals surface area contributed by atoms with Crippen molar-refractivity contribution in [1.82, 2.24) is 4.57 Å². The highest BCUT2D eigenvalue weighted by atomic mass is 32.1. The van der Waals surface area contributed by atoms with Gasteiger partial charge in [-0.05, 0) is 58.7 Å². The van der Waals surface area contributed by atoms with Crippen LogP contribution in [-0.4, -0.2) is 4.57 Å². The molecular formula is C38H23NS2. The molecule has 6 aromatic carbocycles. The van der Waals surface area contributed by atoms with Gasteiger partial charge in [0.25, 0.3) is 0 Å². The molecule has 9 aromatic rings. The third-order valence-electron chi connectivity index (χ3n) is 8.23. The molecule has 0 spiro atoms. The van der Waals surface area contributed by atoms with E-state index >= 15 is 0 Å². The Kier molecular flexibility index (Phi) is 5.00. The second-order valence-electron chi connectivity index (χ2n) is 10.5. The van der Waals surface area contributed by atoms with Crippen molar-refractivity contribution in [2.45, 2.75) is 0 Å². The first kappa shape index (κ1) is 23.0. The molecule has 0 amide bonds. The van der Waals surface area contributed by atoms with Gasteiger partial charge in [-0.2, -0.15) is 0 Å². The monoisotopic (exact) mass is 557 g/mol. The van der Waals surface area contributed by atoms with Gasteiger partial charge in [0.05, 0.1) is 15.7 Å². The molecule has 0 aliphatic heterocycles. The lowest BCUT2D eigenvalue weighted by atomic mass is 9.96. The molecule has 0 radical (unpaired) electrons. The molecule has 3 heteroatoms. The molecule has 3 heterocycles. The molecule has 0 fully saturated rings. The fourth-order valence-electron chi connectivity index (χ4n) is 6.44. The lowest BCUT2D eigenvalue weighted by Crippen LogP contribution is -1.93. The van der Waals surface area contributed by atoms with Crippen LogP contribution in [0.25, 0.3) is 79.3 Å². The van der Waals surface area contributed by atoms with E-state index in [0.29, 0.717) is 0 Å². The highest BCUT2D eigenvalue weighted by Gasteiger charge is 2.20. The Labute approximate surface area is 245 Å². The molecule has 9 rings (SSSR count). The average molecular weight is 558 g/mol. The van der Waals surface area contributed by atoms with Gasteiger partial charge in [0.2, 0.25) is 0 Å². The smallest absolute Gasteiger partial charge is 0.0734 e. The van der Waals surface area contributed by atoms with E-state index in [4.69, 9.17) is 0 Å². The van der Waals surface area contributed by atoms with E-state index in [9.17, 15) is 0 Å². The van der Waals surface area contributed by atoms with Gasteiger partial charge in [-0.1, -0.05) is 103 Å². The van der Waals surface area contributed by atoms with Crippen molar-refractivity contribution < 1.29 is 0 Å². The topological polar surface area (TPSA) is 4.93 Å². The molecule has 0 bridgehead atoms. The second kappa shape index (κ2) is 8.90. The molecule has 0 saturated carbocycles. The standard InChI is InChI=1S/C38H23NS2/c1-2-10-26(11-3-1)39-31-16-6-4-12-29(31)38-37(39)36-28(15-9-19-34(36)41-38)25-22-20-24(21-23-25)27-14-8-18-33-35(27)30-13-5-7-17-32(30)40-33/h1-23H. The number of benzene rings is 6. The van der Waals surface area contributed by atoms with Crippen LogP contribution in [0.4, 0.5) is 0 Å². The first-order valence-electron chi connectivity index (χ1n) is 13.9. The van der Waals surface area contributed by atoms with Crippen LogP contribution in [0.5, 0.6) is 0 Å². The van der Waals surface area contributed by atoms with Crippen molar-refractivity contribution in [1.29, 1.82) is 0 Å². The Morgan fingerprint density at radius 2 is 1.00 bits per heavy atom. The fourth-order valence-corrected chi connectivity index (χ4v) is 8.82. The second-order valence-corrected chi connectivity index (χ2v) is 12.6. The predicted molar refractivity (Wildman–Crippen MR) is 180 cm³/mol. The molecule has 0 N–H and O–H groups in total. The molecule has 0 atom stereocenters. The molecule has 3 aromatic heterocycles. The van der Waals surface area contributed by atoms with E-state index in [-0.39, 0.29) is 0 Å². The Bertz CT molecular complexity index is 2400. The summed E-state index contributed by atoms with van der Waals surface area (Å²) in [7, 11) is 0. The van der Waals surface area contributed by atoms with Crippen molar-refractivity contribution in [3.8, 4) is 27.9 Å². The number of hydrogen-bond acceptors (Lipinski definition) is 2. The van der Waals surface area contributed by atoms with E-state index in [1.54, 1.807) is 0 Å². The quantitative estimate of drug-likeness (QED) is 0.204. The summed E-state index contributed by atoms with van der Waals surface area (Å²) in [5.74, 6) is 0. The molecule has 0 aliphatic rings. The molecule has 192 valence electrons. The van der Waals surface area contributed by atoms with E-state index in [2.05, 4.69) is 144 Å². The van der Waals surface area contributed by atoms with Crippen molar-refractivity contribution >= 4 is 74.1 Å². The average Bonchev–Trinajstić information content (AvgIpc) is 3.70. The normalized spacial score (nSPS) is 11.9. The number of aromatic nitrogens is 1. The zero-order chi connectivity index (χ0) is 26.9. The zero-order valence-electron chi connectivity index (χ0n) is 22.0. The maximum Gasteiger partial charge on any atom is 0.0734 e. The number of rotatable bonds is 3. The summed E-state index contributed by atoms with van der Waals surface area (Å²) in [4.78, 5) is 0. The summed E-state index contributed by atoms with van der Waals surface area (Å²) < 4.78 is 7.80. The third kappa shape index (κ3) is 3.40. The van der Waals surface area contributed by atoms with Crippen LogP contribution >= 0.6 is 22.7 Å². The molecule has 1 nitrogen and oxygen atoms in total. The van der Waals surface area contributed by atoms with Gasteiger partial charge in [0, 0.05) is 41.3 Å². The van der Waals surface area contributed by atoms with Crippen LogP contribution in [-0.2, 0) is 0 Å². The molecule has 41 heavy (non-hydrogen) atoms. The minimum absolute atomic E-state index is 1.19. The predicted octanol–water partition coefficient (Wildman–Crippen LogP) is 11.7. The van der Waals surface area contributed by atoms with Crippen LogP contribution in [0.15, 0.2) is 140 Å². The lowest BCUT2D eigenvalue weighted by Gasteiger charge is -2.11. The lowest BCUT2D eigenvalue weighted by molar-refractivity contribution is 1.19. The van der Waals surface area contributed by atoms with Crippen LogP contribution < -0.4 is 0 Å². The van der Waals surface area contributed by atoms with Crippen LogP contribution in [0.2, 0.25) is 0 Å². The third-order valence-corrected chi connectivity index (χ3v) is 10.5. The number of para-hydroxylation sites is 2. The van der Waals surface area contributed by atoms with Gasteiger partial charge in [-0.15, -0.1) is 22.7 Å². The summed E-state index contributed by atoms with van der Waals surface area (Å²) in [5, 5.41) is 5.33. The van der Waals surface area contributed by atoms with Crippen molar-refractivity contribution in [2.24, 2.45) is 0 Å². The summed E-state index contributed by atoms with van der Waals surface area (Å²) in [6, 6.07) is 51.0. The van der Waals surface area contributed by atoms with Crippen molar-refractivity contribution in [2.75, 3.05) is 0 Å². The zero-order valence-corrected chi connectivity index (χ0v) is 23.7. The summed E-state index contributed by atoms with van der Waals surface area (Å²) in [6.45, 7) is 0. The number of nitrogens with zero attached hydrogens (tertiary/aromatic N) is 1. The molecule has 0 aliphatic carbocycles. The Morgan fingerprint density at radius 1 is 0.415 bits per heavy atom. The maximum absolute atomic E-state index is 2.45. The molecular weight excluding hydrogens is 535 g/mol. The van der Waals surface area contributed by atoms with Crippen molar-refractivity contribution in [3.63, 3.8) is 0 Å². The first-order chi connectivity index (χ1) is 20.3. The van der Waals surface area contributed by atoms with Gasteiger partial charge in [0.15, 0.2) is 0 Å². The molecule has 0 unspecified atom stereocenters. The SMILES string of the molecule is c1ccc(-n2c3ccccc3c3sc4cccc(-c5ccc(-c6cccc7sc8ccccc8c67)cc5)c4c32)cc1. The van der Waals surface area contributed by atoms with Crippen LogP contribution in [0.3, 0.4) is 0 Å². The van der Waals surface area contributed by atoms with Crippen LogP contribution in [0.1, 0.15) is 0 Å². The largest absolute Gasteiger partial charge is 0.308 e. The minimum atomic E-state index is 1.19. The molecule has 0 saturated heterocycles. The fraction of sp³-hybridized carbons (Fsp3) is 0. The van der Waals surface area contributed by atoms with Gasteiger partial charge >= 0.3 is 0 Å². The Balaban J connectivity index is 1.27. The van der Waals surface area contributed by atoms with Gasteiger partial charge in [-0.25, -0.2) is 0 Å². The summed E-state index contributed by atoms with van der Waals surface area (Å²) in [6.07, 6.45) is 0. The Hall–Kier alpha value is -4.70. The van der Waals surface area contributed by atoms with Crippen molar-refractivity contribution in [3.05, 3.63) is 140 Å². The van der Waals surface area contributed by atoms with E-state index in [1.807, 2.05) is 22.7 Å². The summed E-state index contributed by atoms with van der Waals surface area (Å²) in [5.41, 5.74) is 8.82. The number of fused-ring (bicyclic) bond motifs is 8. The van der Waals surface area contributed by atoms with Gasteiger partial charge < -0.3 is 4.57 Å². The highest BCUT2D eigenvalue weighted by Crippen LogP contribution is 2.46. The van der Waals surface area contributed by atoms with Crippen LogP contribution in [0, 0.1) is 0 Å².